The van der Waals surface area contributed by atoms with Crippen LogP contribution in [0.15, 0.2) is 109 Å². The van der Waals surface area contributed by atoms with Crippen molar-refractivity contribution in [1.82, 2.24) is 0 Å². The minimum atomic E-state index is -0.313. The average molecular weight is 613 g/mol. The summed E-state index contributed by atoms with van der Waals surface area (Å²) >= 11 is 0. The van der Waals surface area contributed by atoms with Gasteiger partial charge in [0.2, 0.25) is 0 Å². The highest BCUT2D eigenvalue weighted by Crippen LogP contribution is 2.35. The fourth-order valence-electron chi connectivity index (χ4n) is 5.57. The van der Waals surface area contributed by atoms with Crippen LogP contribution >= 0.6 is 0 Å². The fourth-order valence-corrected chi connectivity index (χ4v) is 5.57. The van der Waals surface area contributed by atoms with E-state index >= 15 is 0 Å². The molecule has 6 heteroatoms. The van der Waals surface area contributed by atoms with Crippen LogP contribution in [0.25, 0.3) is 0 Å². The molecule has 0 aliphatic heterocycles. The number of rotatable bonds is 8. The maximum absolute atomic E-state index is 13.1. The van der Waals surface area contributed by atoms with Gasteiger partial charge in [0.05, 0.1) is 0 Å². The second kappa shape index (κ2) is 12.6. The first-order valence-electron chi connectivity index (χ1n) is 15.3. The Kier molecular flexibility index (Phi) is 8.75. The largest absolute Gasteiger partial charge is 0.508 e. The van der Waals surface area contributed by atoms with Gasteiger partial charge in [-0.25, -0.2) is 0 Å². The first kappa shape index (κ1) is 32.0. The second-order valence-electron chi connectivity index (χ2n) is 12.9. The Hall–Kier alpha value is -5.36. The molecule has 0 bridgehead atoms. The number of aryl methyl sites for hydroxylation is 2. The third-order valence-electron chi connectivity index (χ3n) is 8.95. The lowest BCUT2D eigenvalue weighted by Crippen LogP contribution is -2.19. The van der Waals surface area contributed by atoms with Crippen LogP contribution < -0.4 is 10.6 Å². The Bertz CT molecular complexity index is 1770. The molecule has 0 saturated carbocycles. The van der Waals surface area contributed by atoms with E-state index in [4.69, 9.17) is 0 Å². The quantitative estimate of drug-likeness (QED) is 0.141. The number of phenolic OH excluding ortho intramolecular Hbond substituents is 2. The zero-order chi connectivity index (χ0) is 33.2. The SMILES string of the molecule is Cc1cc(C(C)(C)c2ccc(NC(=O)c3cccc(C(=O)Nc4ccc(C(C)(C)c5ccc(O)c(C)c5)cc4)c3)cc2)ccc1O. The first-order valence-corrected chi connectivity index (χ1v) is 15.3. The number of nitrogens with one attached hydrogen (secondary N) is 2. The van der Waals surface area contributed by atoms with Gasteiger partial charge in [-0.2, -0.15) is 0 Å². The van der Waals surface area contributed by atoms with E-state index < -0.39 is 0 Å². The number of phenols is 2. The predicted octanol–water partition coefficient (Wildman–Crippen LogP) is 8.87. The molecule has 6 nitrogen and oxygen atoms in total. The zero-order valence-electron chi connectivity index (χ0n) is 27.1. The maximum Gasteiger partial charge on any atom is 0.255 e. The van der Waals surface area contributed by atoms with Crippen LogP contribution in [0, 0.1) is 13.8 Å². The molecule has 0 unspecified atom stereocenters. The van der Waals surface area contributed by atoms with E-state index in [1.807, 2.05) is 86.6 Å². The van der Waals surface area contributed by atoms with E-state index in [1.165, 1.54) is 0 Å². The van der Waals surface area contributed by atoms with Gasteiger partial charge in [-0.15, -0.1) is 0 Å². The molecule has 46 heavy (non-hydrogen) atoms. The van der Waals surface area contributed by atoms with E-state index in [1.54, 1.807) is 36.4 Å². The van der Waals surface area contributed by atoms with Crippen LogP contribution in [0.1, 0.15) is 81.8 Å². The van der Waals surface area contributed by atoms with Crippen molar-refractivity contribution in [1.29, 1.82) is 0 Å². The van der Waals surface area contributed by atoms with Gasteiger partial charge in [0, 0.05) is 33.3 Å². The first-order chi connectivity index (χ1) is 21.8. The third kappa shape index (κ3) is 6.66. The zero-order valence-corrected chi connectivity index (χ0v) is 27.1. The van der Waals surface area contributed by atoms with Crippen LogP contribution in [-0.2, 0) is 10.8 Å². The van der Waals surface area contributed by atoms with Crippen LogP contribution in [-0.4, -0.2) is 22.0 Å². The maximum atomic E-state index is 13.1. The number of hydrogen-bond donors (Lipinski definition) is 4. The number of anilines is 2. The number of carbonyl (C=O) groups excluding carboxylic acids is 2. The molecule has 5 rings (SSSR count). The van der Waals surface area contributed by atoms with E-state index in [-0.39, 0.29) is 34.1 Å². The summed E-state index contributed by atoms with van der Waals surface area (Å²) < 4.78 is 0. The second-order valence-corrected chi connectivity index (χ2v) is 12.9. The topological polar surface area (TPSA) is 98.7 Å². The van der Waals surface area contributed by atoms with E-state index in [2.05, 4.69) is 38.3 Å². The van der Waals surface area contributed by atoms with Crippen molar-refractivity contribution < 1.29 is 19.8 Å². The monoisotopic (exact) mass is 612 g/mol. The normalized spacial score (nSPS) is 11.6. The van der Waals surface area contributed by atoms with Gasteiger partial charge in [0.15, 0.2) is 0 Å². The molecule has 0 aliphatic carbocycles. The number of carbonyl (C=O) groups is 2. The molecule has 0 saturated heterocycles. The average Bonchev–Trinajstić information content (AvgIpc) is 3.04. The Morgan fingerprint density at radius 1 is 0.500 bits per heavy atom. The molecule has 0 spiro atoms. The molecule has 0 aromatic heterocycles. The van der Waals surface area contributed by atoms with Crippen molar-refractivity contribution in [3.8, 4) is 11.5 Å². The summed E-state index contributed by atoms with van der Waals surface area (Å²) in [5, 5.41) is 25.7. The molecule has 5 aromatic carbocycles. The summed E-state index contributed by atoms with van der Waals surface area (Å²) in [4.78, 5) is 26.3. The van der Waals surface area contributed by atoms with Crippen LogP contribution in [0.2, 0.25) is 0 Å². The molecule has 0 aliphatic rings. The Morgan fingerprint density at radius 2 is 0.848 bits per heavy atom. The van der Waals surface area contributed by atoms with Crippen molar-refractivity contribution in [2.24, 2.45) is 0 Å². The number of aromatic hydroxyl groups is 2. The fraction of sp³-hybridized carbons (Fsp3) is 0.200. The number of hydrogen-bond acceptors (Lipinski definition) is 4. The van der Waals surface area contributed by atoms with Gasteiger partial charge in [0.25, 0.3) is 11.8 Å². The van der Waals surface area contributed by atoms with Gasteiger partial charge in [-0.1, -0.05) is 82.3 Å². The molecular formula is C40H40N2O4. The summed E-state index contributed by atoms with van der Waals surface area (Å²) in [6.07, 6.45) is 0. The highest BCUT2D eigenvalue weighted by Gasteiger charge is 2.25. The molecule has 4 N–H and O–H groups in total. The number of amides is 2. The van der Waals surface area contributed by atoms with Crippen molar-refractivity contribution in [2.45, 2.75) is 52.4 Å². The molecule has 5 aromatic rings. The molecule has 2 amide bonds. The summed E-state index contributed by atoms with van der Waals surface area (Å²) in [5.74, 6) is -0.0795. The number of benzene rings is 5. The van der Waals surface area contributed by atoms with E-state index in [0.29, 0.717) is 22.5 Å². The third-order valence-corrected chi connectivity index (χ3v) is 8.95. The molecular weight excluding hydrogens is 572 g/mol. The summed E-state index contributed by atoms with van der Waals surface area (Å²) in [6, 6.07) is 33.3. The van der Waals surface area contributed by atoms with Crippen molar-refractivity contribution in [3.63, 3.8) is 0 Å². The lowest BCUT2D eigenvalue weighted by molar-refractivity contribution is 0.102. The molecule has 0 atom stereocenters. The van der Waals surface area contributed by atoms with Crippen molar-refractivity contribution in [2.75, 3.05) is 10.6 Å². The molecule has 0 heterocycles. The highest BCUT2D eigenvalue weighted by atomic mass is 16.3. The molecule has 0 radical (unpaired) electrons. The smallest absolute Gasteiger partial charge is 0.255 e. The van der Waals surface area contributed by atoms with Crippen molar-refractivity contribution in [3.05, 3.63) is 154 Å². The summed E-state index contributed by atoms with van der Waals surface area (Å²) in [6.45, 7) is 12.2. The molecule has 234 valence electrons. The van der Waals surface area contributed by atoms with Gasteiger partial charge >= 0.3 is 0 Å². The summed E-state index contributed by atoms with van der Waals surface area (Å²) in [7, 11) is 0. The minimum Gasteiger partial charge on any atom is -0.508 e. The van der Waals surface area contributed by atoms with Crippen LogP contribution in [0.5, 0.6) is 11.5 Å². The Balaban J connectivity index is 1.24. The minimum absolute atomic E-state index is 0.273. The van der Waals surface area contributed by atoms with Gasteiger partial charge in [-0.05, 0) is 102 Å². The van der Waals surface area contributed by atoms with Crippen LogP contribution in [0.4, 0.5) is 11.4 Å². The Morgan fingerprint density at radius 3 is 1.20 bits per heavy atom. The van der Waals surface area contributed by atoms with E-state index in [9.17, 15) is 19.8 Å². The summed E-state index contributed by atoms with van der Waals surface area (Å²) in [5.41, 5.74) is 7.39. The van der Waals surface area contributed by atoms with Gasteiger partial charge < -0.3 is 20.8 Å². The van der Waals surface area contributed by atoms with Crippen LogP contribution in [0.3, 0.4) is 0 Å². The molecule has 0 fully saturated rings. The van der Waals surface area contributed by atoms with Gasteiger partial charge in [0.1, 0.15) is 11.5 Å². The highest BCUT2D eigenvalue weighted by molar-refractivity contribution is 6.08. The lowest BCUT2D eigenvalue weighted by Gasteiger charge is -2.27. The van der Waals surface area contributed by atoms with E-state index in [0.717, 1.165) is 33.4 Å². The Labute approximate surface area is 270 Å². The van der Waals surface area contributed by atoms with Gasteiger partial charge in [-0.3, -0.25) is 9.59 Å². The van der Waals surface area contributed by atoms with Crippen molar-refractivity contribution >= 4 is 23.2 Å². The lowest BCUT2D eigenvalue weighted by atomic mass is 9.77. The standard InChI is InChI=1S/C40H40N2O4/c1-25-22-31(14-20-35(25)43)39(3,4)29-10-16-33(17-11-29)41-37(45)27-8-7-9-28(24-27)38(46)42-34-18-12-30(13-19-34)40(5,6)32-15-21-36(44)26(2)23-32/h7-24,43-44H,1-6H3,(H,41,45)(H,42,46). The predicted molar refractivity (Wildman–Crippen MR) is 185 cm³/mol.